The van der Waals surface area contributed by atoms with Crippen molar-refractivity contribution in [2.45, 2.75) is 136 Å². The molecule has 0 aliphatic carbocycles. The standard InChI is InChI=1S/C31H54N2/c1-3-4-5-6-7-8-9-10-11-12-13-14-15-16-17-18-19-20-25-32-26-24-29-27-33-31-28(2)22-21-23-30(29)31/h21-23,27,32-33H,3-20,24-26H2,1-2H3. The van der Waals surface area contributed by atoms with E-state index in [0.717, 1.165) is 13.0 Å². The predicted octanol–water partition coefficient (Wildman–Crippen LogP) is 9.65. The van der Waals surface area contributed by atoms with Gasteiger partial charge in [0.2, 0.25) is 0 Å². The molecule has 0 atom stereocenters. The molecule has 0 saturated heterocycles. The van der Waals surface area contributed by atoms with Gasteiger partial charge in [-0.2, -0.15) is 0 Å². The van der Waals surface area contributed by atoms with Crippen molar-refractivity contribution in [3.8, 4) is 0 Å². The Morgan fingerprint density at radius 3 is 1.70 bits per heavy atom. The number of rotatable bonds is 22. The van der Waals surface area contributed by atoms with Crippen molar-refractivity contribution >= 4 is 10.9 Å². The second kappa shape index (κ2) is 19.1. The second-order valence-electron chi connectivity index (χ2n) is 10.3. The maximum Gasteiger partial charge on any atom is 0.0486 e. The third-order valence-corrected chi connectivity index (χ3v) is 7.29. The van der Waals surface area contributed by atoms with Crippen LogP contribution >= 0.6 is 0 Å². The van der Waals surface area contributed by atoms with Gasteiger partial charge in [-0.25, -0.2) is 0 Å². The Morgan fingerprint density at radius 2 is 1.15 bits per heavy atom. The summed E-state index contributed by atoms with van der Waals surface area (Å²) in [5, 5.41) is 5.04. The van der Waals surface area contributed by atoms with Gasteiger partial charge in [0.15, 0.2) is 0 Å². The van der Waals surface area contributed by atoms with E-state index in [1.165, 1.54) is 144 Å². The fraction of sp³-hybridized carbons (Fsp3) is 0.742. The molecule has 1 aromatic carbocycles. The maximum atomic E-state index is 3.64. The van der Waals surface area contributed by atoms with Crippen LogP contribution in [0.3, 0.4) is 0 Å². The van der Waals surface area contributed by atoms with Gasteiger partial charge in [-0.15, -0.1) is 0 Å². The van der Waals surface area contributed by atoms with E-state index in [1.54, 1.807) is 0 Å². The summed E-state index contributed by atoms with van der Waals surface area (Å²) in [5.74, 6) is 0. The molecule has 2 N–H and O–H groups in total. The summed E-state index contributed by atoms with van der Waals surface area (Å²) in [5.41, 5.74) is 4.08. The molecule has 0 bridgehead atoms. The third-order valence-electron chi connectivity index (χ3n) is 7.29. The lowest BCUT2D eigenvalue weighted by molar-refractivity contribution is 0.522. The van der Waals surface area contributed by atoms with E-state index in [0.29, 0.717) is 0 Å². The van der Waals surface area contributed by atoms with Gasteiger partial charge in [0.1, 0.15) is 0 Å². The van der Waals surface area contributed by atoms with Crippen molar-refractivity contribution in [3.05, 3.63) is 35.5 Å². The van der Waals surface area contributed by atoms with Crippen LogP contribution in [0, 0.1) is 6.92 Å². The van der Waals surface area contributed by atoms with Crippen molar-refractivity contribution in [1.29, 1.82) is 0 Å². The third kappa shape index (κ3) is 12.7. The van der Waals surface area contributed by atoms with Gasteiger partial charge in [-0.05, 0) is 44.0 Å². The summed E-state index contributed by atoms with van der Waals surface area (Å²) in [4.78, 5) is 3.44. The van der Waals surface area contributed by atoms with Gasteiger partial charge in [-0.3, -0.25) is 0 Å². The number of hydrogen-bond donors (Lipinski definition) is 2. The molecule has 0 aliphatic rings. The molecule has 1 heterocycles. The molecule has 0 unspecified atom stereocenters. The molecule has 0 radical (unpaired) electrons. The van der Waals surface area contributed by atoms with Gasteiger partial charge < -0.3 is 10.3 Å². The summed E-state index contributed by atoms with van der Waals surface area (Å²) in [6, 6.07) is 6.59. The molecule has 0 fully saturated rings. The number of hydrogen-bond acceptors (Lipinski definition) is 1. The van der Waals surface area contributed by atoms with Crippen molar-refractivity contribution in [2.75, 3.05) is 13.1 Å². The molecule has 0 spiro atoms. The Kier molecular flexibility index (Phi) is 16.2. The Bertz CT molecular complexity index is 702. The monoisotopic (exact) mass is 454 g/mol. The van der Waals surface area contributed by atoms with Crippen LogP contribution < -0.4 is 5.32 Å². The van der Waals surface area contributed by atoms with E-state index in [2.05, 4.69) is 48.5 Å². The number of aromatic amines is 1. The van der Waals surface area contributed by atoms with E-state index in [-0.39, 0.29) is 0 Å². The van der Waals surface area contributed by atoms with Crippen molar-refractivity contribution in [1.82, 2.24) is 10.3 Å². The van der Waals surface area contributed by atoms with Crippen LogP contribution in [0.15, 0.2) is 24.4 Å². The summed E-state index contributed by atoms with van der Waals surface area (Å²) in [6.07, 6.45) is 29.3. The number of nitrogens with one attached hydrogen (secondary N) is 2. The largest absolute Gasteiger partial charge is 0.361 e. The zero-order valence-electron chi connectivity index (χ0n) is 22.2. The summed E-state index contributed by atoms with van der Waals surface area (Å²) < 4.78 is 0. The van der Waals surface area contributed by atoms with Gasteiger partial charge in [-0.1, -0.05) is 134 Å². The Morgan fingerprint density at radius 1 is 0.636 bits per heavy atom. The fourth-order valence-corrected chi connectivity index (χ4v) is 5.07. The van der Waals surface area contributed by atoms with E-state index in [4.69, 9.17) is 0 Å². The molecule has 2 nitrogen and oxygen atoms in total. The minimum atomic E-state index is 1.08. The van der Waals surface area contributed by atoms with Crippen LogP contribution in [-0.4, -0.2) is 18.1 Å². The van der Waals surface area contributed by atoms with Crippen molar-refractivity contribution in [3.63, 3.8) is 0 Å². The van der Waals surface area contributed by atoms with Gasteiger partial charge in [0.25, 0.3) is 0 Å². The number of para-hydroxylation sites is 1. The van der Waals surface area contributed by atoms with E-state index >= 15 is 0 Å². The average Bonchev–Trinajstić information content (AvgIpc) is 3.24. The fourth-order valence-electron chi connectivity index (χ4n) is 5.07. The smallest absolute Gasteiger partial charge is 0.0486 e. The molecular formula is C31H54N2. The zero-order valence-corrected chi connectivity index (χ0v) is 22.2. The van der Waals surface area contributed by atoms with Crippen LogP contribution in [0.1, 0.15) is 134 Å². The van der Waals surface area contributed by atoms with Crippen molar-refractivity contribution in [2.24, 2.45) is 0 Å². The normalized spacial score (nSPS) is 11.6. The summed E-state index contributed by atoms with van der Waals surface area (Å²) >= 11 is 0. The highest BCUT2D eigenvalue weighted by Gasteiger charge is 2.04. The first-order valence-corrected chi connectivity index (χ1v) is 14.6. The first kappa shape index (κ1) is 28.0. The Balaban J connectivity index is 1.28. The number of unbranched alkanes of at least 4 members (excludes halogenated alkanes) is 17. The number of benzene rings is 1. The molecule has 0 amide bonds. The van der Waals surface area contributed by atoms with Gasteiger partial charge >= 0.3 is 0 Å². The van der Waals surface area contributed by atoms with Crippen LogP contribution in [0.25, 0.3) is 10.9 Å². The second-order valence-corrected chi connectivity index (χ2v) is 10.3. The molecule has 2 rings (SSSR count). The van der Waals surface area contributed by atoms with Crippen LogP contribution in [0.2, 0.25) is 0 Å². The lowest BCUT2D eigenvalue weighted by atomic mass is 10.0. The van der Waals surface area contributed by atoms with Gasteiger partial charge in [0.05, 0.1) is 0 Å². The van der Waals surface area contributed by atoms with E-state index < -0.39 is 0 Å². The number of aryl methyl sites for hydroxylation is 1. The molecule has 1 aromatic heterocycles. The van der Waals surface area contributed by atoms with Crippen LogP contribution in [-0.2, 0) is 6.42 Å². The van der Waals surface area contributed by atoms with Crippen LogP contribution in [0.5, 0.6) is 0 Å². The SMILES string of the molecule is CCCCCCCCCCCCCCCCCCCCNCCc1c[nH]c2c(C)cccc12. The predicted molar refractivity (Wildman–Crippen MR) is 148 cm³/mol. The summed E-state index contributed by atoms with van der Waals surface area (Å²) in [7, 11) is 0. The highest BCUT2D eigenvalue weighted by Crippen LogP contribution is 2.21. The lowest BCUT2D eigenvalue weighted by Crippen LogP contribution is -2.18. The number of fused-ring (bicyclic) bond motifs is 1. The van der Waals surface area contributed by atoms with Crippen LogP contribution in [0.4, 0.5) is 0 Å². The lowest BCUT2D eigenvalue weighted by Gasteiger charge is -2.05. The quantitative estimate of drug-likeness (QED) is 0.170. The Hall–Kier alpha value is -1.28. The molecule has 0 aliphatic heterocycles. The minimum absolute atomic E-state index is 1.08. The number of aromatic nitrogens is 1. The van der Waals surface area contributed by atoms with Gasteiger partial charge in [0, 0.05) is 17.1 Å². The highest BCUT2D eigenvalue weighted by atomic mass is 14.8. The molecule has 33 heavy (non-hydrogen) atoms. The molecule has 0 saturated carbocycles. The summed E-state index contributed by atoms with van der Waals surface area (Å²) in [6.45, 7) is 6.73. The van der Waals surface area contributed by atoms with E-state index in [9.17, 15) is 0 Å². The van der Waals surface area contributed by atoms with Crippen molar-refractivity contribution < 1.29 is 0 Å². The van der Waals surface area contributed by atoms with E-state index in [1.807, 2.05) is 0 Å². The topological polar surface area (TPSA) is 27.8 Å². The number of H-pyrrole nitrogens is 1. The Labute approximate surface area is 205 Å². The molecule has 188 valence electrons. The average molecular weight is 455 g/mol. The zero-order chi connectivity index (χ0) is 23.4. The first-order chi connectivity index (χ1) is 16.3. The minimum Gasteiger partial charge on any atom is -0.361 e. The molecule has 2 aromatic rings. The molecule has 2 heteroatoms. The highest BCUT2D eigenvalue weighted by molar-refractivity contribution is 5.85. The first-order valence-electron chi connectivity index (χ1n) is 14.6. The maximum absolute atomic E-state index is 3.64. The molecular weight excluding hydrogens is 400 g/mol.